The summed E-state index contributed by atoms with van der Waals surface area (Å²) in [5.74, 6) is 2.32. The number of carbonyl (C=O) groups excluding carboxylic acids is 1. The molecule has 2 N–H and O–H groups in total. The van der Waals surface area contributed by atoms with Gasteiger partial charge in [0.15, 0.2) is 5.82 Å². The number of nitrogens with one attached hydrogen (secondary N) is 2. The monoisotopic (exact) mass is 356 g/mol. The van der Waals surface area contributed by atoms with Crippen LogP contribution < -0.4 is 10.6 Å². The summed E-state index contributed by atoms with van der Waals surface area (Å²) in [6.45, 7) is 6.12. The number of carbonyl (C=O) groups is 1. The predicted molar refractivity (Wildman–Crippen MR) is 93.9 cm³/mol. The van der Waals surface area contributed by atoms with Crippen LogP contribution in [-0.2, 0) is 10.3 Å². The summed E-state index contributed by atoms with van der Waals surface area (Å²) < 4.78 is 5.14. The number of hydrogen-bond donors (Lipinski definition) is 2. The second-order valence-electron chi connectivity index (χ2n) is 7.26. The lowest BCUT2D eigenvalue weighted by molar-refractivity contribution is -0.124. The second-order valence-corrected chi connectivity index (χ2v) is 7.26. The average molecular weight is 357 g/mol. The first-order valence-electron chi connectivity index (χ1n) is 8.91. The molecule has 1 saturated heterocycles. The fraction of sp³-hybridized carbons (Fsp3) is 0.824. The third-order valence-electron chi connectivity index (χ3n) is 5.44. The lowest BCUT2D eigenvalue weighted by Gasteiger charge is -2.30. The molecule has 1 aliphatic heterocycles. The van der Waals surface area contributed by atoms with Gasteiger partial charge in [0.05, 0.1) is 0 Å². The molecule has 6 nitrogen and oxygen atoms in total. The molecule has 7 heteroatoms. The van der Waals surface area contributed by atoms with Gasteiger partial charge in [-0.15, -0.1) is 12.4 Å². The fourth-order valence-electron chi connectivity index (χ4n) is 4.02. The average Bonchev–Trinajstić information content (AvgIpc) is 3.18. The van der Waals surface area contributed by atoms with Crippen LogP contribution in [0.15, 0.2) is 4.52 Å². The van der Waals surface area contributed by atoms with Crippen molar-refractivity contribution in [2.75, 3.05) is 13.1 Å². The zero-order chi connectivity index (χ0) is 16.3. The van der Waals surface area contributed by atoms with E-state index in [0.717, 1.165) is 38.8 Å². The van der Waals surface area contributed by atoms with Gasteiger partial charge in [-0.05, 0) is 50.6 Å². The van der Waals surface area contributed by atoms with Crippen LogP contribution in [0.1, 0.15) is 63.6 Å². The number of rotatable bonds is 5. The normalized spacial score (nSPS) is 24.2. The Bertz CT molecular complexity index is 536. The van der Waals surface area contributed by atoms with Gasteiger partial charge in [0.1, 0.15) is 5.54 Å². The Morgan fingerprint density at radius 3 is 2.75 bits per heavy atom. The van der Waals surface area contributed by atoms with E-state index in [2.05, 4.69) is 27.7 Å². The van der Waals surface area contributed by atoms with E-state index in [1.165, 1.54) is 12.8 Å². The number of aryl methyl sites for hydroxylation is 1. The van der Waals surface area contributed by atoms with E-state index in [1.54, 1.807) is 6.92 Å². The van der Waals surface area contributed by atoms with Gasteiger partial charge in [0.25, 0.3) is 0 Å². The molecule has 2 fully saturated rings. The summed E-state index contributed by atoms with van der Waals surface area (Å²) in [4.78, 5) is 17.0. The Morgan fingerprint density at radius 1 is 1.42 bits per heavy atom. The van der Waals surface area contributed by atoms with E-state index < -0.39 is 5.54 Å². The number of nitrogens with zero attached hydrogens (tertiary/aromatic N) is 2. The first kappa shape index (κ1) is 19.2. The molecule has 1 saturated carbocycles. The van der Waals surface area contributed by atoms with Crippen LogP contribution in [0, 0.1) is 18.8 Å². The maximum Gasteiger partial charge on any atom is 0.223 e. The molecule has 2 unspecified atom stereocenters. The highest BCUT2D eigenvalue weighted by atomic mass is 35.5. The highest BCUT2D eigenvalue weighted by molar-refractivity contribution is 5.85. The quantitative estimate of drug-likeness (QED) is 0.847. The number of piperidine rings is 1. The summed E-state index contributed by atoms with van der Waals surface area (Å²) in [5.41, 5.74) is -0.417. The van der Waals surface area contributed by atoms with E-state index in [4.69, 9.17) is 4.52 Å². The molecule has 0 radical (unpaired) electrons. The van der Waals surface area contributed by atoms with E-state index in [0.29, 0.717) is 30.0 Å². The Labute approximate surface area is 149 Å². The molecule has 1 aromatic heterocycles. The van der Waals surface area contributed by atoms with Crippen molar-refractivity contribution in [1.29, 1.82) is 0 Å². The Balaban J connectivity index is 0.00000208. The molecule has 2 atom stereocenters. The highest BCUT2D eigenvalue weighted by Crippen LogP contribution is 2.37. The Morgan fingerprint density at radius 2 is 2.17 bits per heavy atom. The summed E-state index contributed by atoms with van der Waals surface area (Å²) in [6.07, 6.45) is 6.99. The molecule has 0 bridgehead atoms. The fourth-order valence-corrected chi connectivity index (χ4v) is 4.02. The highest BCUT2D eigenvalue weighted by Gasteiger charge is 2.41. The van der Waals surface area contributed by atoms with Crippen LogP contribution in [0.2, 0.25) is 0 Å². The summed E-state index contributed by atoms with van der Waals surface area (Å²) >= 11 is 0. The minimum Gasteiger partial charge on any atom is -0.343 e. The van der Waals surface area contributed by atoms with Gasteiger partial charge in [0.2, 0.25) is 11.8 Å². The number of halogens is 1. The van der Waals surface area contributed by atoms with Crippen LogP contribution in [0.4, 0.5) is 0 Å². The first-order chi connectivity index (χ1) is 11.1. The summed E-state index contributed by atoms with van der Waals surface area (Å²) in [7, 11) is 0. The number of aromatic nitrogens is 2. The van der Waals surface area contributed by atoms with Crippen LogP contribution in [0.5, 0.6) is 0 Å². The van der Waals surface area contributed by atoms with Crippen molar-refractivity contribution in [3.8, 4) is 0 Å². The van der Waals surface area contributed by atoms with Crippen molar-refractivity contribution in [1.82, 2.24) is 20.8 Å². The van der Waals surface area contributed by atoms with Crippen molar-refractivity contribution in [3.05, 3.63) is 11.7 Å². The van der Waals surface area contributed by atoms with E-state index in [-0.39, 0.29) is 18.3 Å². The van der Waals surface area contributed by atoms with Gasteiger partial charge in [-0.3, -0.25) is 4.79 Å². The van der Waals surface area contributed by atoms with Crippen LogP contribution in [0.3, 0.4) is 0 Å². The smallest absolute Gasteiger partial charge is 0.223 e. The predicted octanol–water partition coefficient (Wildman–Crippen LogP) is 2.71. The van der Waals surface area contributed by atoms with Crippen LogP contribution in [-0.4, -0.2) is 29.1 Å². The molecular formula is C17H29ClN4O2. The molecule has 1 aliphatic carbocycles. The topological polar surface area (TPSA) is 80.0 Å². The molecule has 0 spiro atoms. The van der Waals surface area contributed by atoms with Gasteiger partial charge in [0, 0.05) is 13.3 Å². The minimum absolute atomic E-state index is 0. The minimum atomic E-state index is -0.417. The van der Waals surface area contributed by atoms with Crippen LogP contribution >= 0.6 is 12.4 Å². The van der Waals surface area contributed by atoms with Crippen molar-refractivity contribution in [2.45, 2.75) is 64.3 Å². The molecule has 136 valence electrons. The van der Waals surface area contributed by atoms with Crippen molar-refractivity contribution in [2.24, 2.45) is 11.8 Å². The third-order valence-corrected chi connectivity index (χ3v) is 5.44. The van der Waals surface area contributed by atoms with E-state index >= 15 is 0 Å². The zero-order valence-electron chi connectivity index (χ0n) is 14.6. The van der Waals surface area contributed by atoms with Crippen molar-refractivity contribution in [3.63, 3.8) is 0 Å². The maximum absolute atomic E-state index is 12.6. The van der Waals surface area contributed by atoms with Gasteiger partial charge >= 0.3 is 0 Å². The molecule has 0 aromatic carbocycles. The Kier molecular flexibility index (Phi) is 6.63. The van der Waals surface area contributed by atoms with Gasteiger partial charge in [-0.25, -0.2) is 0 Å². The van der Waals surface area contributed by atoms with E-state index in [9.17, 15) is 4.79 Å². The van der Waals surface area contributed by atoms with E-state index in [1.807, 2.05) is 0 Å². The third kappa shape index (κ3) is 4.28. The molecule has 3 rings (SSSR count). The molecular weight excluding hydrogens is 328 g/mol. The molecule has 1 amide bonds. The van der Waals surface area contributed by atoms with Crippen molar-refractivity contribution < 1.29 is 9.32 Å². The Hall–Kier alpha value is -1.14. The summed E-state index contributed by atoms with van der Waals surface area (Å²) in [6, 6.07) is 0. The van der Waals surface area contributed by atoms with Crippen molar-refractivity contribution >= 4 is 18.3 Å². The summed E-state index contributed by atoms with van der Waals surface area (Å²) in [5, 5.41) is 10.8. The first-order valence-corrected chi connectivity index (χ1v) is 8.91. The lowest BCUT2D eigenvalue weighted by atomic mass is 9.85. The van der Waals surface area contributed by atoms with Gasteiger partial charge < -0.3 is 15.2 Å². The zero-order valence-corrected chi connectivity index (χ0v) is 15.5. The second kappa shape index (κ2) is 8.30. The number of hydrogen-bond acceptors (Lipinski definition) is 5. The number of amides is 1. The SMILES string of the molecule is Cc1nc(C2(NC(=O)CC(C)C3CCCNC3)CCCC2)no1.Cl. The molecule has 2 heterocycles. The molecule has 2 aliphatic rings. The lowest BCUT2D eigenvalue weighted by Crippen LogP contribution is -2.45. The maximum atomic E-state index is 12.6. The molecule has 1 aromatic rings. The van der Waals surface area contributed by atoms with Gasteiger partial charge in [-0.1, -0.05) is 24.9 Å². The standard InChI is InChI=1S/C17H28N4O2.ClH/c1-12(14-6-5-9-18-11-14)10-15(22)20-17(7-3-4-8-17)16-19-13(2)23-21-16;/h12,14,18H,3-11H2,1-2H3,(H,20,22);1H. The van der Waals surface area contributed by atoms with Crippen LogP contribution in [0.25, 0.3) is 0 Å². The van der Waals surface area contributed by atoms with Gasteiger partial charge in [-0.2, -0.15) is 4.98 Å². The largest absolute Gasteiger partial charge is 0.343 e. The molecule has 24 heavy (non-hydrogen) atoms.